The predicted octanol–water partition coefficient (Wildman–Crippen LogP) is 5.84. The van der Waals surface area contributed by atoms with Crippen LogP contribution in [0.1, 0.15) is 57.9 Å². The highest BCUT2D eigenvalue weighted by Gasteiger charge is 2.38. The van der Waals surface area contributed by atoms with Crippen LogP contribution in [0, 0.1) is 0 Å². The first kappa shape index (κ1) is 34.0. The van der Waals surface area contributed by atoms with Crippen LogP contribution in [0.2, 0.25) is 0 Å². The topological polar surface area (TPSA) is 103 Å². The van der Waals surface area contributed by atoms with Crippen LogP contribution in [-0.4, -0.2) is 101 Å². The number of ether oxygens (including phenoxy) is 1. The van der Waals surface area contributed by atoms with Crippen molar-refractivity contribution in [2.24, 2.45) is 7.05 Å². The zero-order valence-corrected chi connectivity index (χ0v) is 28.6. The summed E-state index contributed by atoms with van der Waals surface area (Å²) in [5, 5.41) is 3.98. The van der Waals surface area contributed by atoms with Crippen molar-refractivity contribution in [1.29, 1.82) is 0 Å². The van der Waals surface area contributed by atoms with Crippen molar-refractivity contribution in [1.82, 2.24) is 24.3 Å². The van der Waals surface area contributed by atoms with Crippen LogP contribution >= 0.6 is 0 Å². The Morgan fingerprint density at radius 3 is 2.53 bits per heavy atom. The van der Waals surface area contributed by atoms with Crippen molar-refractivity contribution in [2.45, 2.75) is 64.0 Å². The Balaban J connectivity index is 1.32. The van der Waals surface area contributed by atoms with Gasteiger partial charge in [0.25, 0.3) is 0 Å². The number of amides is 4. The fourth-order valence-corrected chi connectivity index (χ4v) is 6.45. The molecule has 1 N–H and O–H groups in total. The Morgan fingerprint density at radius 1 is 1.04 bits per heavy atom. The molecule has 0 saturated carbocycles. The number of benzene rings is 1. The van der Waals surface area contributed by atoms with Gasteiger partial charge in [-0.2, -0.15) is 0 Å². The minimum Gasteiger partial charge on any atom is -0.444 e. The first-order valence-corrected chi connectivity index (χ1v) is 16.6. The number of nitrogens with zero attached hydrogens (tertiary/aromatic N) is 6. The van der Waals surface area contributed by atoms with E-state index in [-0.39, 0.29) is 30.0 Å². The summed E-state index contributed by atoms with van der Waals surface area (Å²) in [6.07, 6.45) is 9.90. The van der Waals surface area contributed by atoms with E-state index in [9.17, 15) is 14.4 Å². The number of pyridine rings is 1. The van der Waals surface area contributed by atoms with E-state index in [1.165, 1.54) is 0 Å². The molecule has 4 heterocycles. The zero-order chi connectivity index (χ0) is 33.7. The number of anilines is 2. The van der Waals surface area contributed by atoms with E-state index in [4.69, 9.17) is 9.72 Å². The fourth-order valence-electron chi connectivity index (χ4n) is 6.45. The number of fused-ring (bicyclic) bond motifs is 1. The van der Waals surface area contributed by atoms with Gasteiger partial charge < -0.3 is 29.3 Å². The van der Waals surface area contributed by atoms with Gasteiger partial charge >= 0.3 is 12.1 Å². The maximum absolute atomic E-state index is 14.5. The zero-order valence-electron chi connectivity index (χ0n) is 28.6. The van der Waals surface area contributed by atoms with E-state index in [2.05, 4.69) is 11.4 Å². The van der Waals surface area contributed by atoms with Gasteiger partial charge in [-0.3, -0.25) is 9.69 Å². The van der Waals surface area contributed by atoms with E-state index < -0.39 is 5.60 Å². The Bertz CT molecular complexity index is 1600. The highest BCUT2D eigenvalue weighted by Crippen LogP contribution is 2.34. The number of hydrogen-bond donors (Lipinski definition) is 1. The number of piperidine rings is 2. The summed E-state index contributed by atoms with van der Waals surface area (Å²) in [4.78, 5) is 52.3. The lowest BCUT2D eigenvalue weighted by molar-refractivity contribution is -0.111. The summed E-state index contributed by atoms with van der Waals surface area (Å²) in [7, 11) is 5.88. The number of likely N-dealkylation sites (N-methyl/N-ethyl adjacent to an activating group) is 1. The third kappa shape index (κ3) is 8.51. The highest BCUT2D eigenvalue weighted by atomic mass is 16.6. The van der Waals surface area contributed by atoms with Gasteiger partial charge in [0.15, 0.2) is 5.82 Å². The Kier molecular flexibility index (Phi) is 10.5. The molecule has 1 atom stereocenters. The molecule has 47 heavy (non-hydrogen) atoms. The molecule has 2 aromatic heterocycles. The Labute approximate surface area is 278 Å². The number of urea groups is 1. The molecule has 4 amide bonds. The van der Waals surface area contributed by atoms with Crippen molar-refractivity contribution >= 4 is 40.4 Å². The normalized spacial score (nSPS) is 17.8. The number of aryl methyl sites for hydroxylation is 1. The highest BCUT2D eigenvalue weighted by molar-refractivity contribution is 6.01. The van der Waals surface area contributed by atoms with E-state index in [1.54, 1.807) is 17.2 Å². The largest absolute Gasteiger partial charge is 0.444 e. The van der Waals surface area contributed by atoms with Gasteiger partial charge in [0, 0.05) is 69.3 Å². The molecule has 3 aromatic rings. The van der Waals surface area contributed by atoms with Crippen molar-refractivity contribution in [2.75, 3.05) is 57.0 Å². The lowest BCUT2D eigenvalue weighted by atomic mass is 9.89. The molecule has 0 aliphatic carbocycles. The third-order valence-corrected chi connectivity index (χ3v) is 8.75. The average Bonchev–Trinajstić information content (AvgIpc) is 3.41. The number of likely N-dealkylation sites (tertiary alicyclic amines) is 2. The van der Waals surface area contributed by atoms with Gasteiger partial charge in [0.05, 0.1) is 11.6 Å². The molecule has 0 unspecified atom stereocenters. The molecule has 2 saturated heterocycles. The number of nitrogens with one attached hydrogen (secondary N) is 1. The second-order valence-corrected chi connectivity index (χ2v) is 13.9. The maximum atomic E-state index is 14.5. The van der Waals surface area contributed by atoms with Gasteiger partial charge in [-0.25, -0.2) is 14.6 Å². The molecule has 2 aliphatic heterocycles. The smallest absolute Gasteiger partial charge is 0.410 e. The van der Waals surface area contributed by atoms with Crippen LogP contribution in [0.15, 0.2) is 60.9 Å². The van der Waals surface area contributed by atoms with Gasteiger partial charge in [-0.05, 0) is 96.3 Å². The van der Waals surface area contributed by atoms with Crippen LogP contribution < -0.4 is 10.2 Å². The molecule has 0 bridgehead atoms. The molecule has 2 aliphatic rings. The summed E-state index contributed by atoms with van der Waals surface area (Å²) in [5.41, 5.74) is 2.20. The lowest BCUT2D eigenvalue weighted by Crippen LogP contribution is -2.57. The predicted molar refractivity (Wildman–Crippen MR) is 186 cm³/mol. The van der Waals surface area contributed by atoms with Crippen molar-refractivity contribution in [3.63, 3.8) is 0 Å². The second-order valence-electron chi connectivity index (χ2n) is 13.9. The molecule has 252 valence electrons. The van der Waals surface area contributed by atoms with Gasteiger partial charge in [-0.1, -0.05) is 18.2 Å². The van der Waals surface area contributed by atoms with Crippen molar-refractivity contribution in [3.05, 3.63) is 66.5 Å². The second kappa shape index (κ2) is 14.6. The molecular weight excluding hydrogens is 594 g/mol. The Morgan fingerprint density at radius 2 is 1.81 bits per heavy atom. The monoisotopic (exact) mass is 643 g/mol. The van der Waals surface area contributed by atoms with Crippen LogP contribution in [0.5, 0.6) is 0 Å². The number of rotatable bonds is 7. The molecule has 0 radical (unpaired) electrons. The maximum Gasteiger partial charge on any atom is 0.410 e. The first-order chi connectivity index (χ1) is 22.4. The number of hydrogen-bond acceptors (Lipinski definition) is 6. The summed E-state index contributed by atoms with van der Waals surface area (Å²) >= 11 is 0. The van der Waals surface area contributed by atoms with Crippen LogP contribution in [0.25, 0.3) is 10.9 Å². The SMILES string of the molecule is CN(C)C/C=C/C(=O)Nc1cccc(C2CCN(C(=O)N(c3nccc4ccn(C)c34)[C@@H]3CCCN(C(=O)OC(C)(C)C)C3)CC2)c1. The number of carbonyl (C=O) groups is 3. The van der Waals surface area contributed by atoms with Gasteiger partial charge in [0.1, 0.15) is 5.60 Å². The van der Waals surface area contributed by atoms with E-state index in [1.807, 2.05) is 104 Å². The number of aromatic nitrogens is 2. The minimum atomic E-state index is -0.603. The first-order valence-electron chi connectivity index (χ1n) is 16.6. The quantitative estimate of drug-likeness (QED) is 0.325. The average molecular weight is 644 g/mol. The van der Waals surface area contributed by atoms with Gasteiger partial charge in [0.2, 0.25) is 5.91 Å². The molecule has 11 heteroatoms. The van der Waals surface area contributed by atoms with E-state index >= 15 is 0 Å². The Hall–Kier alpha value is -4.38. The fraction of sp³-hybridized carbons (Fsp3) is 0.500. The molecular formula is C36H49N7O4. The summed E-state index contributed by atoms with van der Waals surface area (Å²) in [6.45, 7) is 8.44. The molecule has 5 rings (SSSR count). The molecule has 0 spiro atoms. The summed E-state index contributed by atoms with van der Waals surface area (Å²) < 4.78 is 7.70. The number of carbonyl (C=O) groups excluding carboxylic acids is 3. The molecule has 1 aromatic carbocycles. The standard InChI is InChI=1S/C36H49N7O4/c1-36(2,3)47-35(46)42-20-8-12-30(25-42)43(33-32-27(14-18-37-33)15-21-40(32)6)34(45)41-22-16-26(17-23-41)28-10-7-11-29(24-28)38-31(44)13-9-19-39(4)5/h7,9-11,13-15,18,21,24,26,30H,8,12,16-17,19-20,22-23,25H2,1-6H3,(H,38,44)/b13-9+/t30-/m1/s1. The van der Waals surface area contributed by atoms with Crippen LogP contribution in [0.4, 0.5) is 21.1 Å². The van der Waals surface area contributed by atoms with Crippen LogP contribution in [0.3, 0.4) is 0 Å². The summed E-state index contributed by atoms with van der Waals surface area (Å²) in [6, 6.07) is 11.7. The molecule has 11 nitrogen and oxygen atoms in total. The minimum absolute atomic E-state index is 0.0915. The van der Waals surface area contributed by atoms with E-state index in [0.717, 1.165) is 47.8 Å². The lowest BCUT2D eigenvalue weighted by Gasteiger charge is -2.42. The van der Waals surface area contributed by atoms with Crippen LogP contribution in [-0.2, 0) is 16.6 Å². The van der Waals surface area contributed by atoms with Crippen molar-refractivity contribution in [3.8, 4) is 0 Å². The van der Waals surface area contributed by atoms with Gasteiger partial charge in [-0.15, -0.1) is 0 Å². The third-order valence-electron chi connectivity index (χ3n) is 8.75. The van der Waals surface area contributed by atoms with E-state index in [0.29, 0.717) is 38.5 Å². The molecule has 2 fully saturated rings. The van der Waals surface area contributed by atoms with Crippen molar-refractivity contribution < 1.29 is 19.1 Å². The summed E-state index contributed by atoms with van der Waals surface area (Å²) in [5.74, 6) is 0.723.